The lowest BCUT2D eigenvalue weighted by Crippen LogP contribution is -1.89. The van der Waals surface area contributed by atoms with Crippen molar-refractivity contribution in [1.82, 2.24) is 0 Å². The van der Waals surface area contributed by atoms with Gasteiger partial charge in [0.05, 0.1) is 0 Å². The van der Waals surface area contributed by atoms with Crippen LogP contribution in [0.3, 0.4) is 0 Å². The van der Waals surface area contributed by atoms with E-state index < -0.39 is 6.17 Å². The van der Waals surface area contributed by atoms with Crippen molar-refractivity contribution < 1.29 is 4.39 Å². The normalized spacial score (nSPS) is 12.5. The van der Waals surface area contributed by atoms with Gasteiger partial charge in [-0.25, -0.2) is 4.39 Å². The molecule has 0 bridgehead atoms. The monoisotopic (exact) mass is 150 g/mol. The van der Waals surface area contributed by atoms with Gasteiger partial charge in [-0.2, -0.15) is 0 Å². The molecular weight excluding hydrogens is 139 g/mol. The first-order chi connectivity index (χ1) is 5.25. The Labute approximate surface area is 66.4 Å². The fourth-order valence-electron chi connectivity index (χ4n) is 1.02. The summed E-state index contributed by atoms with van der Waals surface area (Å²) in [4.78, 5) is 0. The number of hydrogen-bond acceptors (Lipinski definition) is 0. The summed E-state index contributed by atoms with van der Waals surface area (Å²) in [6, 6.07) is 7.40. The third-order valence-electron chi connectivity index (χ3n) is 1.69. The Morgan fingerprint density at radius 3 is 2.64 bits per heavy atom. The summed E-state index contributed by atoms with van der Waals surface area (Å²) in [7, 11) is 0. The molecule has 0 heterocycles. The lowest BCUT2D eigenvalue weighted by atomic mass is 10.1. The van der Waals surface area contributed by atoms with E-state index >= 15 is 0 Å². The van der Waals surface area contributed by atoms with Crippen LogP contribution in [0.1, 0.15) is 17.3 Å². The second-order valence-corrected chi connectivity index (χ2v) is 2.49. The Balaban J connectivity index is 3.02. The van der Waals surface area contributed by atoms with Crippen molar-refractivity contribution in [1.29, 1.82) is 0 Å². The number of aryl methyl sites for hydroxylation is 1. The van der Waals surface area contributed by atoms with Gasteiger partial charge >= 0.3 is 0 Å². The van der Waals surface area contributed by atoms with Crippen molar-refractivity contribution in [3.63, 3.8) is 0 Å². The molecule has 1 aromatic carbocycles. The van der Waals surface area contributed by atoms with Crippen LogP contribution in [-0.2, 0) is 0 Å². The molecule has 58 valence electrons. The summed E-state index contributed by atoms with van der Waals surface area (Å²) >= 11 is 0. The predicted molar refractivity (Wildman–Crippen MR) is 45.2 cm³/mol. The van der Waals surface area contributed by atoms with Gasteiger partial charge in [-0.1, -0.05) is 36.9 Å². The quantitative estimate of drug-likeness (QED) is 0.568. The van der Waals surface area contributed by atoms with Crippen LogP contribution in [0.2, 0.25) is 0 Å². The lowest BCUT2D eigenvalue weighted by Gasteiger charge is -2.05. The van der Waals surface area contributed by atoms with Gasteiger partial charge < -0.3 is 0 Å². The van der Waals surface area contributed by atoms with Gasteiger partial charge in [-0.05, 0) is 18.1 Å². The molecule has 0 saturated heterocycles. The van der Waals surface area contributed by atoms with E-state index in [0.717, 1.165) is 5.56 Å². The van der Waals surface area contributed by atoms with Crippen LogP contribution in [0.4, 0.5) is 4.39 Å². The molecule has 1 heteroatoms. The highest BCUT2D eigenvalue weighted by Gasteiger charge is 2.05. The predicted octanol–water partition coefficient (Wildman–Crippen LogP) is 3.19. The highest BCUT2D eigenvalue weighted by Crippen LogP contribution is 2.21. The van der Waals surface area contributed by atoms with Crippen LogP contribution >= 0.6 is 0 Å². The first kappa shape index (κ1) is 7.99. The van der Waals surface area contributed by atoms with Gasteiger partial charge in [-0.3, -0.25) is 0 Å². The molecule has 0 aliphatic heterocycles. The van der Waals surface area contributed by atoms with E-state index in [1.165, 1.54) is 6.08 Å². The molecular formula is C10H11F. The first-order valence-corrected chi connectivity index (χ1v) is 3.58. The van der Waals surface area contributed by atoms with Crippen molar-refractivity contribution in [2.45, 2.75) is 13.1 Å². The molecule has 1 atom stereocenters. The standard InChI is InChI=1S/C10H11F/c1-3-10(11)9-7-5-4-6-8(9)2/h3-7,10H,1H2,2H3. The molecule has 0 N–H and O–H groups in total. The molecule has 0 nitrogen and oxygen atoms in total. The first-order valence-electron chi connectivity index (χ1n) is 3.58. The summed E-state index contributed by atoms with van der Waals surface area (Å²) in [5, 5.41) is 0. The SMILES string of the molecule is C=CC(F)c1ccccc1C. The Morgan fingerprint density at radius 1 is 1.45 bits per heavy atom. The summed E-state index contributed by atoms with van der Waals surface area (Å²) in [5.74, 6) is 0. The smallest absolute Gasteiger partial charge is 0.143 e. The number of benzene rings is 1. The summed E-state index contributed by atoms with van der Waals surface area (Å²) in [6.45, 7) is 5.30. The molecule has 0 amide bonds. The van der Waals surface area contributed by atoms with E-state index in [2.05, 4.69) is 6.58 Å². The van der Waals surface area contributed by atoms with E-state index in [-0.39, 0.29) is 0 Å². The third kappa shape index (κ3) is 1.67. The zero-order valence-corrected chi connectivity index (χ0v) is 6.55. The number of rotatable bonds is 2. The Bertz CT molecular complexity index is 253. The molecule has 0 saturated carbocycles. The van der Waals surface area contributed by atoms with E-state index in [1.807, 2.05) is 25.1 Å². The van der Waals surface area contributed by atoms with Crippen molar-refractivity contribution >= 4 is 0 Å². The van der Waals surface area contributed by atoms with Gasteiger partial charge in [0, 0.05) is 0 Å². The van der Waals surface area contributed by atoms with Gasteiger partial charge in [-0.15, -0.1) is 0 Å². The topological polar surface area (TPSA) is 0 Å². The molecule has 0 radical (unpaired) electrons. The van der Waals surface area contributed by atoms with Crippen LogP contribution in [0.25, 0.3) is 0 Å². The van der Waals surface area contributed by atoms with Crippen molar-refractivity contribution in [3.8, 4) is 0 Å². The Hall–Kier alpha value is -1.11. The maximum absolute atomic E-state index is 13.0. The molecule has 0 aliphatic rings. The molecule has 1 unspecified atom stereocenters. The molecule has 1 rings (SSSR count). The lowest BCUT2D eigenvalue weighted by molar-refractivity contribution is 0.413. The minimum atomic E-state index is -1.03. The van der Waals surface area contributed by atoms with Gasteiger partial charge in [0.2, 0.25) is 0 Å². The average molecular weight is 150 g/mol. The molecule has 1 aromatic rings. The fourth-order valence-corrected chi connectivity index (χ4v) is 1.02. The van der Waals surface area contributed by atoms with Crippen LogP contribution in [-0.4, -0.2) is 0 Å². The molecule has 11 heavy (non-hydrogen) atoms. The van der Waals surface area contributed by atoms with Gasteiger partial charge in [0.1, 0.15) is 6.17 Å². The molecule has 0 fully saturated rings. The molecule has 0 aliphatic carbocycles. The number of halogens is 1. The zero-order chi connectivity index (χ0) is 8.27. The Kier molecular flexibility index (Phi) is 2.42. The third-order valence-corrected chi connectivity index (χ3v) is 1.69. The van der Waals surface area contributed by atoms with E-state index in [0.29, 0.717) is 5.56 Å². The van der Waals surface area contributed by atoms with Crippen molar-refractivity contribution in [2.24, 2.45) is 0 Å². The van der Waals surface area contributed by atoms with Gasteiger partial charge in [0.25, 0.3) is 0 Å². The number of hydrogen-bond donors (Lipinski definition) is 0. The van der Waals surface area contributed by atoms with Crippen LogP contribution in [0.5, 0.6) is 0 Å². The molecule has 0 spiro atoms. The van der Waals surface area contributed by atoms with E-state index in [9.17, 15) is 4.39 Å². The maximum Gasteiger partial charge on any atom is 0.143 e. The molecule has 0 aromatic heterocycles. The highest BCUT2D eigenvalue weighted by molar-refractivity contribution is 5.29. The second-order valence-electron chi connectivity index (χ2n) is 2.49. The van der Waals surface area contributed by atoms with Crippen molar-refractivity contribution in [2.75, 3.05) is 0 Å². The number of allylic oxidation sites excluding steroid dienone is 1. The van der Waals surface area contributed by atoms with Crippen LogP contribution in [0.15, 0.2) is 36.9 Å². The van der Waals surface area contributed by atoms with Gasteiger partial charge in [0.15, 0.2) is 0 Å². The largest absolute Gasteiger partial charge is 0.238 e. The minimum absolute atomic E-state index is 0.711. The summed E-state index contributed by atoms with van der Waals surface area (Å²) < 4.78 is 13.0. The van der Waals surface area contributed by atoms with E-state index in [4.69, 9.17) is 0 Å². The maximum atomic E-state index is 13.0. The Morgan fingerprint density at radius 2 is 2.09 bits per heavy atom. The summed E-state index contributed by atoms with van der Waals surface area (Å²) in [5.41, 5.74) is 1.68. The fraction of sp³-hybridized carbons (Fsp3) is 0.200. The minimum Gasteiger partial charge on any atom is -0.238 e. The summed E-state index contributed by atoms with van der Waals surface area (Å²) in [6.07, 6.45) is 0.277. The zero-order valence-electron chi connectivity index (χ0n) is 6.55. The second kappa shape index (κ2) is 3.33. The highest BCUT2D eigenvalue weighted by atomic mass is 19.1. The average Bonchev–Trinajstić information content (AvgIpc) is 2.04. The van der Waals surface area contributed by atoms with Crippen molar-refractivity contribution in [3.05, 3.63) is 48.0 Å². The van der Waals surface area contributed by atoms with Crippen LogP contribution in [0, 0.1) is 6.92 Å². The van der Waals surface area contributed by atoms with Crippen LogP contribution < -0.4 is 0 Å². The van der Waals surface area contributed by atoms with E-state index in [1.54, 1.807) is 6.07 Å². The number of alkyl halides is 1.